The molecular weight excluding hydrogens is 242 g/mol. The molecule has 2 saturated heterocycles. The maximum absolute atomic E-state index is 4.33. The number of aromatic nitrogens is 1. The lowest BCUT2D eigenvalue weighted by Gasteiger charge is -2.35. The molecule has 2 atom stereocenters. The minimum Gasteiger partial charge on any atom is -0.311 e. The molecule has 3 nitrogen and oxygen atoms in total. The van der Waals surface area contributed by atoms with Gasteiger partial charge in [-0.05, 0) is 46.1 Å². The summed E-state index contributed by atoms with van der Waals surface area (Å²) < 4.78 is 0. The molecule has 1 aromatic heterocycles. The Kier molecular flexibility index (Phi) is 3.68. The van der Waals surface area contributed by atoms with Crippen molar-refractivity contribution in [1.29, 1.82) is 0 Å². The zero-order valence-electron chi connectivity index (χ0n) is 11.4. The second-order valence-corrected chi connectivity index (χ2v) is 6.79. The van der Waals surface area contributed by atoms with Gasteiger partial charge in [-0.25, -0.2) is 4.98 Å². The predicted molar refractivity (Wildman–Crippen MR) is 76.2 cm³/mol. The summed E-state index contributed by atoms with van der Waals surface area (Å²) in [4.78, 5) is 8.36. The SMILES string of the molecule is Cc1ncsc1CCN(C)C1CC2CCC(C1)N2. The van der Waals surface area contributed by atoms with E-state index in [2.05, 4.69) is 29.2 Å². The van der Waals surface area contributed by atoms with E-state index >= 15 is 0 Å². The number of piperidine rings is 1. The Hall–Kier alpha value is -0.450. The molecule has 0 spiro atoms. The normalized spacial score (nSPS) is 31.2. The molecule has 2 aliphatic rings. The summed E-state index contributed by atoms with van der Waals surface area (Å²) in [5, 5.41) is 3.72. The molecule has 2 unspecified atom stereocenters. The molecule has 0 radical (unpaired) electrons. The largest absolute Gasteiger partial charge is 0.311 e. The van der Waals surface area contributed by atoms with Gasteiger partial charge in [0, 0.05) is 29.5 Å². The van der Waals surface area contributed by atoms with Crippen molar-refractivity contribution in [2.75, 3.05) is 13.6 Å². The van der Waals surface area contributed by atoms with Gasteiger partial charge in [0.05, 0.1) is 11.2 Å². The van der Waals surface area contributed by atoms with Gasteiger partial charge in [-0.3, -0.25) is 0 Å². The number of hydrogen-bond acceptors (Lipinski definition) is 4. The molecule has 3 heterocycles. The number of fused-ring (bicyclic) bond motifs is 2. The first kappa shape index (κ1) is 12.6. The van der Waals surface area contributed by atoms with E-state index in [9.17, 15) is 0 Å². The van der Waals surface area contributed by atoms with Gasteiger partial charge in [0.1, 0.15) is 0 Å². The van der Waals surface area contributed by atoms with Crippen molar-refractivity contribution >= 4 is 11.3 Å². The number of thiazole rings is 1. The van der Waals surface area contributed by atoms with Crippen LogP contribution in [0.15, 0.2) is 5.51 Å². The molecule has 1 N–H and O–H groups in total. The molecular formula is C14H23N3S. The fraction of sp³-hybridized carbons (Fsp3) is 0.786. The van der Waals surface area contributed by atoms with Crippen LogP contribution < -0.4 is 5.32 Å². The second-order valence-electron chi connectivity index (χ2n) is 5.85. The number of hydrogen-bond donors (Lipinski definition) is 1. The highest BCUT2D eigenvalue weighted by Crippen LogP contribution is 2.29. The molecule has 0 amide bonds. The highest BCUT2D eigenvalue weighted by atomic mass is 32.1. The Morgan fingerprint density at radius 1 is 1.39 bits per heavy atom. The smallest absolute Gasteiger partial charge is 0.0797 e. The predicted octanol–water partition coefficient (Wildman–Crippen LogP) is 2.21. The van der Waals surface area contributed by atoms with Gasteiger partial charge in [-0.1, -0.05) is 0 Å². The fourth-order valence-corrected chi connectivity index (χ4v) is 4.18. The molecule has 2 aliphatic heterocycles. The van der Waals surface area contributed by atoms with E-state index in [-0.39, 0.29) is 0 Å². The molecule has 2 fully saturated rings. The zero-order chi connectivity index (χ0) is 12.5. The maximum atomic E-state index is 4.33. The number of likely N-dealkylation sites (N-methyl/N-ethyl adjacent to an activating group) is 1. The average Bonchev–Trinajstić information content (AvgIpc) is 2.92. The number of nitrogens with one attached hydrogen (secondary N) is 1. The summed E-state index contributed by atoms with van der Waals surface area (Å²) in [6.45, 7) is 3.30. The Bertz CT molecular complexity index is 391. The zero-order valence-corrected chi connectivity index (χ0v) is 12.2. The number of aryl methyl sites for hydroxylation is 1. The van der Waals surface area contributed by atoms with Crippen LogP contribution in [0.2, 0.25) is 0 Å². The molecule has 100 valence electrons. The van der Waals surface area contributed by atoms with Gasteiger partial charge in [-0.15, -0.1) is 11.3 Å². The summed E-state index contributed by atoms with van der Waals surface area (Å²) in [7, 11) is 2.30. The van der Waals surface area contributed by atoms with Crippen LogP contribution in [0, 0.1) is 6.92 Å². The van der Waals surface area contributed by atoms with Crippen molar-refractivity contribution in [3.05, 3.63) is 16.1 Å². The van der Waals surface area contributed by atoms with E-state index in [0.717, 1.165) is 24.5 Å². The monoisotopic (exact) mass is 265 g/mol. The van der Waals surface area contributed by atoms with E-state index in [1.54, 1.807) is 11.3 Å². The summed E-state index contributed by atoms with van der Waals surface area (Å²) in [6, 6.07) is 2.37. The molecule has 0 saturated carbocycles. The number of rotatable bonds is 4. The molecule has 3 rings (SSSR count). The minimum atomic E-state index is 0.789. The van der Waals surface area contributed by atoms with Gasteiger partial charge in [0.25, 0.3) is 0 Å². The van der Waals surface area contributed by atoms with E-state index in [1.165, 1.54) is 42.8 Å². The molecule has 2 bridgehead atoms. The van der Waals surface area contributed by atoms with Crippen LogP contribution in [0.3, 0.4) is 0 Å². The maximum Gasteiger partial charge on any atom is 0.0797 e. The fourth-order valence-electron chi connectivity index (χ4n) is 3.41. The van der Waals surface area contributed by atoms with Crippen LogP contribution in [0.25, 0.3) is 0 Å². The van der Waals surface area contributed by atoms with Gasteiger partial charge in [0.2, 0.25) is 0 Å². The van der Waals surface area contributed by atoms with Crippen molar-refractivity contribution in [1.82, 2.24) is 15.2 Å². The molecule has 0 aromatic carbocycles. The van der Waals surface area contributed by atoms with Crippen LogP contribution in [0.5, 0.6) is 0 Å². The van der Waals surface area contributed by atoms with Crippen LogP contribution in [0.1, 0.15) is 36.3 Å². The summed E-state index contributed by atoms with van der Waals surface area (Å²) in [6.07, 6.45) is 6.63. The average molecular weight is 265 g/mol. The topological polar surface area (TPSA) is 28.2 Å². The molecule has 1 aromatic rings. The summed E-state index contributed by atoms with van der Waals surface area (Å²) in [5.74, 6) is 0. The third-order valence-electron chi connectivity index (χ3n) is 4.61. The third kappa shape index (κ3) is 2.60. The van der Waals surface area contributed by atoms with Crippen molar-refractivity contribution in [2.24, 2.45) is 0 Å². The van der Waals surface area contributed by atoms with E-state index in [1.807, 2.05) is 5.51 Å². The lowest BCUT2D eigenvalue weighted by atomic mass is 9.98. The number of nitrogens with zero attached hydrogens (tertiary/aromatic N) is 2. The summed E-state index contributed by atoms with van der Waals surface area (Å²) >= 11 is 1.80. The van der Waals surface area contributed by atoms with Crippen LogP contribution in [-0.2, 0) is 6.42 Å². The molecule has 4 heteroatoms. The van der Waals surface area contributed by atoms with Gasteiger partial charge < -0.3 is 10.2 Å². The van der Waals surface area contributed by atoms with Gasteiger partial charge >= 0.3 is 0 Å². The van der Waals surface area contributed by atoms with Crippen molar-refractivity contribution in [3.63, 3.8) is 0 Å². The van der Waals surface area contributed by atoms with Gasteiger partial charge in [-0.2, -0.15) is 0 Å². The third-order valence-corrected chi connectivity index (χ3v) is 5.60. The first-order valence-corrected chi connectivity index (χ1v) is 7.95. The second kappa shape index (κ2) is 5.27. The first-order valence-electron chi connectivity index (χ1n) is 7.07. The molecule has 18 heavy (non-hydrogen) atoms. The van der Waals surface area contributed by atoms with Crippen molar-refractivity contribution in [3.8, 4) is 0 Å². The highest BCUT2D eigenvalue weighted by molar-refractivity contribution is 7.09. The quantitative estimate of drug-likeness (QED) is 0.904. The summed E-state index contributed by atoms with van der Waals surface area (Å²) in [5.41, 5.74) is 3.19. The van der Waals surface area contributed by atoms with E-state index in [0.29, 0.717) is 0 Å². The minimum absolute atomic E-state index is 0.789. The lowest BCUT2D eigenvalue weighted by molar-refractivity contribution is 0.174. The standard InChI is InChI=1S/C14H23N3S/c1-10-14(18-9-15-10)5-6-17(2)13-7-11-3-4-12(8-13)16-11/h9,11-13,16H,3-8H2,1-2H3. The highest BCUT2D eigenvalue weighted by Gasteiger charge is 2.34. The van der Waals surface area contributed by atoms with Gasteiger partial charge in [0.15, 0.2) is 0 Å². The van der Waals surface area contributed by atoms with Crippen LogP contribution in [-0.4, -0.2) is 41.6 Å². The lowest BCUT2D eigenvalue weighted by Crippen LogP contribution is -2.47. The molecule has 0 aliphatic carbocycles. The van der Waals surface area contributed by atoms with Crippen LogP contribution >= 0.6 is 11.3 Å². The van der Waals surface area contributed by atoms with Crippen molar-refractivity contribution < 1.29 is 0 Å². The Morgan fingerprint density at radius 2 is 2.11 bits per heavy atom. The van der Waals surface area contributed by atoms with E-state index < -0.39 is 0 Å². The van der Waals surface area contributed by atoms with E-state index in [4.69, 9.17) is 0 Å². The van der Waals surface area contributed by atoms with Crippen LogP contribution in [0.4, 0.5) is 0 Å². The Balaban J connectivity index is 1.52. The first-order chi connectivity index (χ1) is 8.72. The Labute approximate surface area is 114 Å². The Morgan fingerprint density at radius 3 is 2.72 bits per heavy atom. The van der Waals surface area contributed by atoms with Crippen molar-refractivity contribution in [2.45, 2.75) is 57.2 Å².